The Morgan fingerprint density at radius 3 is 2.75 bits per heavy atom. The smallest absolute Gasteiger partial charge is 0.303 e. The van der Waals surface area contributed by atoms with E-state index in [4.69, 9.17) is 4.74 Å². The molecule has 0 N–H and O–H groups in total. The van der Waals surface area contributed by atoms with E-state index < -0.39 is 0 Å². The largest absolute Gasteiger partial charge is 0.457 e. The Labute approximate surface area is 119 Å². The van der Waals surface area contributed by atoms with Gasteiger partial charge in [0.1, 0.15) is 6.10 Å². The van der Waals surface area contributed by atoms with E-state index in [1.807, 2.05) is 0 Å². The minimum atomic E-state index is -0.159. The summed E-state index contributed by atoms with van der Waals surface area (Å²) in [5.41, 5.74) is 2.67. The molecule has 5 unspecified atom stereocenters. The molecule has 2 heterocycles. The second kappa shape index (κ2) is 4.32. The van der Waals surface area contributed by atoms with Crippen molar-refractivity contribution >= 4 is 5.97 Å². The molecule has 0 radical (unpaired) electrons. The van der Waals surface area contributed by atoms with Crippen molar-refractivity contribution < 1.29 is 9.53 Å². The zero-order chi connectivity index (χ0) is 13.9. The number of carbonyl (C=O) groups is 1. The van der Waals surface area contributed by atoms with Gasteiger partial charge in [-0.15, -0.1) is 0 Å². The lowest BCUT2D eigenvalue weighted by atomic mass is 9.80. The molecule has 4 rings (SSSR count). The molecular formula is C17H21NO2. The van der Waals surface area contributed by atoms with Gasteiger partial charge in [0.25, 0.3) is 0 Å². The van der Waals surface area contributed by atoms with Crippen LogP contribution in [0.2, 0.25) is 0 Å². The van der Waals surface area contributed by atoms with Gasteiger partial charge in [-0.2, -0.15) is 0 Å². The third-order valence-corrected chi connectivity index (χ3v) is 5.67. The molecule has 2 aliphatic heterocycles. The van der Waals surface area contributed by atoms with Gasteiger partial charge >= 0.3 is 5.97 Å². The van der Waals surface area contributed by atoms with E-state index in [1.165, 1.54) is 37.3 Å². The molecule has 20 heavy (non-hydrogen) atoms. The predicted molar refractivity (Wildman–Crippen MR) is 76.4 cm³/mol. The highest BCUT2D eigenvalue weighted by atomic mass is 16.5. The van der Waals surface area contributed by atoms with Gasteiger partial charge in [-0.1, -0.05) is 24.3 Å². The highest BCUT2D eigenvalue weighted by Crippen LogP contribution is 2.57. The lowest BCUT2D eigenvalue weighted by Gasteiger charge is -2.41. The maximum atomic E-state index is 11.5. The van der Waals surface area contributed by atoms with Crippen molar-refractivity contribution in [3.05, 3.63) is 35.4 Å². The summed E-state index contributed by atoms with van der Waals surface area (Å²) >= 11 is 0. The van der Waals surface area contributed by atoms with Crippen LogP contribution in [-0.2, 0) is 9.53 Å². The fourth-order valence-electron chi connectivity index (χ4n) is 4.89. The quantitative estimate of drug-likeness (QED) is 0.736. The summed E-state index contributed by atoms with van der Waals surface area (Å²) in [6.45, 7) is 1.53. The Bertz CT molecular complexity index is 556. The summed E-state index contributed by atoms with van der Waals surface area (Å²) in [7, 11) is 2.24. The molecule has 3 heteroatoms. The predicted octanol–water partition coefficient (Wildman–Crippen LogP) is 2.87. The van der Waals surface area contributed by atoms with Crippen molar-refractivity contribution in [2.75, 3.05) is 7.05 Å². The van der Waals surface area contributed by atoms with Gasteiger partial charge in [-0.05, 0) is 43.4 Å². The van der Waals surface area contributed by atoms with Gasteiger partial charge < -0.3 is 4.74 Å². The summed E-state index contributed by atoms with van der Waals surface area (Å²) in [5, 5.41) is 0. The highest BCUT2D eigenvalue weighted by molar-refractivity contribution is 5.66. The Balaban J connectivity index is 1.79. The summed E-state index contributed by atoms with van der Waals surface area (Å²) < 4.78 is 5.74. The molecule has 0 spiro atoms. The van der Waals surface area contributed by atoms with Crippen molar-refractivity contribution in [3.8, 4) is 0 Å². The average molecular weight is 271 g/mol. The van der Waals surface area contributed by atoms with Crippen LogP contribution in [0.4, 0.5) is 0 Å². The van der Waals surface area contributed by atoms with Crippen molar-refractivity contribution in [2.24, 2.45) is 5.92 Å². The topological polar surface area (TPSA) is 29.5 Å². The summed E-state index contributed by atoms with van der Waals surface area (Å²) in [6.07, 6.45) is 3.71. The average Bonchev–Trinajstić information content (AvgIpc) is 2.84. The molecule has 5 atom stereocenters. The molecule has 0 aromatic heterocycles. The first-order valence-electron chi connectivity index (χ1n) is 7.65. The first-order chi connectivity index (χ1) is 9.66. The molecule has 2 bridgehead atoms. The number of ether oxygens (including phenoxy) is 1. The SMILES string of the molecule is CC(=O)OC1c2ccccc2C2CC3CCC(C21)N3C. The van der Waals surface area contributed by atoms with Crippen LogP contribution >= 0.6 is 0 Å². The van der Waals surface area contributed by atoms with Gasteiger partial charge in [-0.3, -0.25) is 9.69 Å². The number of piperidine rings is 1. The van der Waals surface area contributed by atoms with Crippen molar-refractivity contribution in [3.63, 3.8) is 0 Å². The lowest BCUT2D eigenvalue weighted by Crippen LogP contribution is -2.46. The molecular weight excluding hydrogens is 250 g/mol. The fraction of sp³-hybridized carbons (Fsp3) is 0.588. The molecule has 3 nitrogen and oxygen atoms in total. The third-order valence-electron chi connectivity index (χ3n) is 5.67. The number of benzene rings is 1. The van der Waals surface area contributed by atoms with Crippen LogP contribution in [0.5, 0.6) is 0 Å². The molecule has 2 fully saturated rings. The zero-order valence-corrected chi connectivity index (χ0v) is 12.1. The van der Waals surface area contributed by atoms with Crippen LogP contribution in [-0.4, -0.2) is 30.0 Å². The van der Waals surface area contributed by atoms with Crippen LogP contribution < -0.4 is 0 Å². The maximum Gasteiger partial charge on any atom is 0.303 e. The monoisotopic (exact) mass is 271 g/mol. The fourth-order valence-corrected chi connectivity index (χ4v) is 4.89. The van der Waals surface area contributed by atoms with E-state index in [9.17, 15) is 4.79 Å². The van der Waals surface area contributed by atoms with Gasteiger partial charge in [0.15, 0.2) is 0 Å². The Kier molecular flexibility index (Phi) is 2.68. The number of hydrogen-bond acceptors (Lipinski definition) is 3. The lowest BCUT2D eigenvalue weighted by molar-refractivity contribution is -0.151. The molecule has 106 valence electrons. The minimum absolute atomic E-state index is 0.0415. The second-order valence-electron chi connectivity index (χ2n) is 6.54. The van der Waals surface area contributed by atoms with E-state index in [1.54, 1.807) is 0 Å². The first kappa shape index (κ1) is 12.4. The van der Waals surface area contributed by atoms with Crippen LogP contribution in [0.3, 0.4) is 0 Å². The van der Waals surface area contributed by atoms with E-state index in [2.05, 4.69) is 36.2 Å². The molecule has 1 aromatic rings. The molecule has 0 amide bonds. The summed E-state index contributed by atoms with van der Waals surface area (Å²) in [6, 6.07) is 9.85. The first-order valence-corrected chi connectivity index (χ1v) is 7.65. The number of hydrogen-bond donors (Lipinski definition) is 0. The van der Waals surface area contributed by atoms with E-state index in [0.29, 0.717) is 23.9 Å². The number of carbonyl (C=O) groups excluding carboxylic acids is 1. The molecule has 2 saturated heterocycles. The van der Waals surface area contributed by atoms with Crippen LogP contribution in [0.1, 0.15) is 49.3 Å². The van der Waals surface area contributed by atoms with Gasteiger partial charge in [0.2, 0.25) is 0 Å². The van der Waals surface area contributed by atoms with Gasteiger partial charge in [0.05, 0.1) is 0 Å². The Morgan fingerprint density at radius 1 is 1.25 bits per heavy atom. The summed E-state index contributed by atoms with van der Waals surface area (Å²) in [5.74, 6) is 0.859. The number of nitrogens with zero attached hydrogens (tertiary/aromatic N) is 1. The van der Waals surface area contributed by atoms with E-state index in [-0.39, 0.29) is 12.1 Å². The zero-order valence-electron chi connectivity index (χ0n) is 12.1. The second-order valence-corrected chi connectivity index (χ2v) is 6.54. The maximum absolute atomic E-state index is 11.5. The number of rotatable bonds is 1. The van der Waals surface area contributed by atoms with Crippen molar-refractivity contribution in [1.82, 2.24) is 4.90 Å². The van der Waals surface area contributed by atoms with Crippen molar-refractivity contribution in [1.29, 1.82) is 0 Å². The normalized spacial score (nSPS) is 38.4. The number of fused-ring (bicyclic) bond motifs is 6. The van der Waals surface area contributed by atoms with Crippen LogP contribution in [0.25, 0.3) is 0 Å². The van der Waals surface area contributed by atoms with Crippen LogP contribution in [0.15, 0.2) is 24.3 Å². The summed E-state index contributed by atoms with van der Waals surface area (Å²) in [4.78, 5) is 14.1. The molecule has 1 aliphatic carbocycles. The van der Waals surface area contributed by atoms with E-state index >= 15 is 0 Å². The van der Waals surface area contributed by atoms with Gasteiger partial charge in [-0.25, -0.2) is 0 Å². The molecule has 1 aromatic carbocycles. The standard InChI is InChI=1S/C17H21NO2/c1-10(19)20-17-13-6-4-3-5-12(13)14-9-11-7-8-15(16(14)17)18(11)2/h3-6,11,14-17H,7-9H2,1-2H3. The van der Waals surface area contributed by atoms with Crippen molar-refractivity contribution in [2.45, 2.75) is 50.3 Å². The third kappa shape index (κ3) is 1.59. The van der Waals surface area contributed by atoms with E-state index in [0.717, 1.165) is 0 Å². The Hall–Kier alpha value is -1.35. The van der Waals surface area contributed by atoms with Gasteiger partial charge in [0, 0.05) is 24.9 Å². The van der Waals surface area contributed by atoms with Crippen LogP contribution in [0, 0.1) is 5.92 Å². The minimum Gasteiger partial charge on any atom is -0.457 e. The Morgan fingerprint density at radius 2 is 2.00 bits per heavy atom. The molecule has 3 aliphatic rings. The number of esters is 1. The molecule has 0 saturated carbocycles. The highest BCUT2D eigenvalue weighted by Gasteiger charge is 2.54.